The summed E-state index contributed by atoms with van der Waals surface area (Å²) < 4.78 is 0. The molecule has 3 nitrogen and oxygen atoms in total. The van der Waals surface area contributed by atoms with Crippen LogP contribution in [0.1, 0.15) is 43.5 Å². The molecule has 1 rings (SSSR count). The number of aromatic nitrogens is 1. The summed E-state index contributed by atoms with van der Waals surface area (Å²) >= 11 is 1.83. The summed E-state index contributed by atoms with van der Waals surface area (Å²) in [5.41, 5.74) is 0.175. The second kappa shape index (κ2) is 7.22. The molecule has 0 unspecified atom stereocenters. The van der Waals surface area contributed by atoms with E-state index in [9.17, 15) is 0 Å². The van der Waals surface area contributed by atoms with E-state index in [0.717, 1.165) is 13.1 Å². The Balaban J connectivity index is 2.18. The molecule has 0 atom stereocenters. The van der Waals surface area contributed by atoms with Gasteiger partial charge in [-0.3, -0.25) is 0 Å². The molecule has 1 heterocycles. The molecule has 0 spiro atoms. The SMILES string of the molecule is CN(C)CCCCNCc1cnc(C(C)(C)C)s1. The average Bonchev–Trinajstić information content (AvgIpc) is 2.71. The smallest absolute Gasteiger partial charge is 0.0981 e. The van der Waals surface area contributed by atoms with Crippen molar-refractivity contribution in [2.24, 2.45) is 0 Å². The third-order valence-corrected chi connectivity index (χ3v) is 4.13. The van der Waals surface area contributed by atoms with Gasteiger partial charge in [-0.1, -0.05) is 20.8 Å². The van der Waals surface area contributed by atoms with Gasteiger partial charge in [-0.2, -0.15) is 0 Å². The highest BCUT2D eigenvalue weighted by atomic mass is 32.1. The summed E-state index contributed by atoms with van der Waals surface area (Å²) in [5, 5.41) is 4.72. The molecule has 18 heavy (non-hydrogen) atoms. The lowest BCUT2D eigenvalue weighted by molar-refractivity contribution is 0.392. The van der Waals surface area contributed by atoms with Crippen LogP contribution in [0.15, 0.2) is 6.20 Å². The first-order chi connectivity index (χ1) is 8.39. The number of thiazole rings is 1. The highest BCUT2D eigenvalue weighted by Crippen LogP contribution is 2.26. The minimum Gasteiger partial charge on any atom is -0.312 e. The highest BCUT2D eigenvalue weighted by molar-refractivity contribution is 7.11. The average molecular weight is 269 g/mol. The molecule has 104 valence electrons. The quantitative estimate of drug-likeness (QED) is 0.772. The molecule has 1 aromatic rings. The Labute approximate surface area is 116 Å². The molecule has 1 aromatic heterocycles. The minimum atomic E-state index is 0.175. The third kappa shape index (κ3) is 5.94. The summed E-state index contributed by atoms with van der Waals surface area (Å²) in [5.74, 6) is 0. The Morgan fingerprint density at radius 3 is 2.56 bits per heavy atom. The first kappa shape index (κ1) is 15.6. The molecule has 0 radical (unpaired) electrons. The van der Waals surface area contributed by atoms with Gasteiger partial charge >= 0.3 is 0 Å². The van der Waals surface area contributed by atoms with Crippen LogP contribution in [0, 0.1) is 0 Å². The van der Waals surface area contributed by atoms with Crippen molar-refractivity contribution in [1.82, 2.24) is 15.2 Å². The maximum absolute atomic E-state index is 4.50. The van der Waals surface area contributed by atoms with Crippen molar-refractivity contribution in [1.29, 1.82) is 0 Å². The number of nitrogens with one attached hydrogen (secondary N) is 1. The van der Waals surface area contributed by atoms with Crippen LogP contribution in [-0.4, -0.2) is 37.1 Å². The molecular formula is C14H27N3S. The number of hydrogen-bond donors (Lipinski definition) is 1. The predicted octanol–water partition coefficient (Wildman–Crippen LogP) is 2.87. The normalized spacial score (nSPS) is 12.3. The van der Waals surface area contributed by atoms with Crippen LogP contribution in [0.4, 0.5) is 0 Å². The van der Waals surface area contributed by atoms with Crippen LogP contribution in [0.5, 0.6) is 0 Å². The first-order valence-corrected chi connectivity index (χ1v) is 7.52. The molecular weight excluding hydrogens is 242 g/mol. The molecule has 0 saturated heterocycles. The van der Waals surface area contributed by atoms with Crippen LogP contribution < -0.4 is 5.32 Å². The fourth-order valence-corrected chi connectivity index (χ4v) is 2.57. The minimum absolute atomic E-state index is 0.175. The van der Waals surface area contributed by atoms with Crippen molar-refractivity contribution >= 4 is 11.3 Å². The van der Waals surface area contributed by atoms with E-state index in [4.69, 9.17) is 0 Å². The van der Waals surface area contributed by atoms with Crippen molar-refractivity contribution in [2.75, 3.05) is 27.2 Å². The van der Waals surface area contributed by atoms with Gasteiger partial charge < -0.3 is 10.2 Å². The number of unbranched alkanes of at least 4 members (excludes halogenated alkanes) is 1. The fourth-order valence-electron chi connectivity index (χ4n) is 1.63. The molecule has 0 aromatic carbocycles. The van der Waals surface area contributed by atoms with Crippen LogP contribution in [-0.2, 0) is 12.0 Å². The van der Waals surface area contributed by atoms with E-state index in [1.165, 1.54) is 29.3 Å². The molecule has 0 aliphatic carbocycles. The van der Waals surface area contributed by atoms with E-state index in [1.807, 2.05) is 17.5 Å². The summed E-state index contributed by atoms with van der Waals surface area (Å²) in [7, 11) is 4.25. The second-order valence-electron chi connectivity index (χ2n) is 6.07. The van der Waals surface area contributed by atoms with Gasteiger partial charge in [0.05, 0.1) is 5.01 Å². The second-order valence-corrected chi connectivity index (χ2v) is 7.18. The van der Waals surface area contributed by atoms with Crippen LogP contribution in [0.25, 0.3) is 0 Å². The Morgan fingerprint density at radius 2 is 2.00 bits per heavy atom. The van der Waals surface area contributed by atoms with Crippen molar-refractivity contribution in [3.8, 4) is 0 Å². The van der Waals surface area contributed by atoms with Crippen LogP contribution in [0.2, 0.25) is 0 Å². The van der Waals surface area contributed by atoms with Gasteiger partial charge in [0.25, 0.3) is 0 Å². The standard InChI is InChI=1S/C14H27N3S/c1-14(2,3)13-16-11-12(18-13)10-15-8-6-7-9-17(4)5/h11,15H,6-10H2,1-5H3. The Bertz CT molecular complexity index is 339. The molecule has 0 fully saturated rings. The summed E-state index contributed by atoms with van der Waals surface area (Å²) in [6, 6.07) is 0. The maximum Gasteiger partial charge on any atom is 0.0981 e. The molecule has 0 saturated carbocycles. The Hall–Kier alpha value is -0.450. The lowest BCUT2D eigenvalue weighted by Gasteiger charge is -2.13. The molecule has 0 bridgehead atoms. The largest absolute Gasteiger partial charge is 0.312 e. The van der Waals surface area contributed by atoms with E-state index in [0.29, 0.717) is 0 Å². The van der Waals surface area contributed by atoms with Gasteiger partial charge in [-0.15, -0.1) is 11.3 Å². The van der Waals surface area contributed by atoms with E-state index in [2.05, 4.69) is 50.1 Å². The Kier molecular flexibility index (Phi) is 6.26. The van der Waals surface area contributed by atoms with Gasteiger partial charge in [0.15, 0.2) is 0 Å². The van der Waals surface area contributed by atoms with Gasteiger partial charge in [0.2, 0.25) is 0 Å². The van der Waals surface area contributed by atoms with E-state index < -0.39 is 0 Å². The zero-order valence-corrected chi connectivity index (χ0v) is 13.2. The van der Waals surface area contributed by atoms with Crippen molar-refractivity contribution < 1.29 is 0 Å². The third-order valence-electron chi connectivity index (χ3n) is 2.70. The predicted molar refractivity (Wildman–Crippen MR) is 80.3 cm³/mol. The topological polar surface area (TPSA) is 28.2 Å². The Morgan fingerprint density at radius 1 is 1.28 bits per heavy atom. The van der Waals surface area contributed by atoms with Crippen molar-refractivity contribution in [2.45, 2.75) is 45.6 Å². The summed E-state index contributed by atoms with van der Waals surface area (Å²) in [4.78, 5) is 8.07. The van der Waals surface area contributed by atoms with E-state index >= 15 is 0 Å². The molecule has 0 aliphatic rings. The molecule has 0 aliphatic heterocycles. The molecule has 1 N–H and O–H groups in total. The summed E-state index contributed by atoms with van der Waals surface area (Å²) in [6.45, 7) is 9.86. The van der Waals surface area contributed by atoms with E-state index in [1.54, 1.807) is 0 Å². The number of hydrogen-bond acceptors (Lipinski definition) is 4. The first-order valence-electron chi connectivity index (χ1n) is 6.70. The summed E-state index contributed by atoms with van der Waals surface area (Å²) in [6.07, 6.45) is 4.51. The maximum atomic E-state index is 4.50. The van der Waals surface area contributed by atoms with Crippen molar-refractivity contribution in [3.63, 3.8) is 0 Å². The monoisotopic (exact) mass is 269 g/mol. The van der Waals surface area contributed by atoms with Crippen LogP contribution in [0.3, 0.4) is 0 Å². The highest BCUT2D eigenvalue weighted by Gasteiger charge is 2.17. The fraction of sp³-hybridized carbons (Fsp3) is 0.786. The molecule has 0 amide bonds. The van der Waals surface area contributed by atoms with Gasteiger partial charge in [-0.05, 0) is 40.0 Å². The van der Waals surface area contributed by atoms with Gasteiger partial charge in [-0.25, -0.2) is 4.98 Å². The lowest BCUT2D eigenvalue weighted by Crippen LogP contribution is -2.17. The van der Waals surface area contributed by atoms with Crippen molar-refractivity contribution in [3.05, 3.63) is 16.1 Å². The number of nitrogens with zero attached hydrogens (tertiary/aromatic N) is 2. The lowest BCUT2D eigenvalue weighted by atomic mass is 9.98. The zero-order valence-electron chi connectivity index (χ0n) is 12.4. The van der Waals surface area contributed by atoms with E-state index in [-0.39, 0.29) is 5.41 Å². The number of rotatable bonds is 7. The molecule has 4 heteroatoms. The van der Waals surface area contributed by atoms with Crippen LogP contribution >= 0.6 is 11.3 Å². The zero-order chi connectivity index (χ0) is 13.6. The van der Waals surface area contributed by atoms with Gasteiger partial charge in [0.1, 0.15) is 0 Å². The van der Waals surface area contributed by atoms with Gasteiger partial charge in [0, 0.05) is 23.0 Å².